The highest BCUT2D eigenvalue weighted by Gasteiger charge is 2.14. The van der Waals surface area contributed by atoms with Crippen LogP contribution in [0.5, 0.6) is 5.75 Å². The molecule has 1 atom stereocenters. The predicted molar refractivity (Wildman–Crippen MR) is 57.7 cm³/mol. The fourth-order valence-electron chi connectivity index (χ4n) is 1.19. The van der Waals surface area contributed by atoms with Crippen molar-refractivity contribution in [1.82, 2.24) is 0 Å². The monoisotopic (exact) mass is 227 g/mol. The number of carbonyl (C=O) groups is 1. The second-order valence-electron chi connectivity index (χ2n) is 3.51. The molecule has 0 saturated heterocycles. The maximum absolute atomic E-state index is 13.3. The third-order valence-electron chi connectivity index (χ3n) is 2.07. The summed E-state index contributed by atoms with van der Waals surface area (Å²) in [5, 5.41) is 11.4. The van der Waals surface area contributed by atoms with E-state index in [1.807, 2.05) is 0 Å². The van der Waals surface area contributed by atoms with Gasteiger partial charge < -0.3 is 15.2 Å². The molecule has 0 radical (unpaired) electrons. The van der Waals surface area contributed by atoms with E-state index in [4.69, 9.17) is 9.84 Å². The molecular formula is C11H14FNO3. The Bertz CT molecular complexity index is 381. The number of hydrogen-bond donors (Lipinski definition) is 2. The highest BCUT2D eigenvalue weighted by molar-refractivity contribution is 5.92. The average Bonchev–Trinajstić information content (AvgIpc) is 2.22. The summed E-state index contributed by atoms with van der Waals surface area (Å²) in [5.41, 5.74) is 0.0470. The van der Waals surface area contributed by atoms with Crippen LogP contribution in [0.3, 0.4) is 0 Å². The second kappa shape index (κ2) is 5.46. The van der Waals surface area contributed by atoms with Crippen molar-refractivity contribution in [2.75, 3.05) is 19.0 Å². The van der Waals surface area contributed by atoms with E-state index in [1.54, 1.807) is 6.92 Å². The van der Waals surface area contributed by atoms with E-state index in [0.717, 1.165) is 6.07 Å². The third kappa shape index (κ3) is 3.20. The number of halogens is 1. The van der Waals surface area contributed by atoms with Gasteiger partial charge in [0.05, 0.1) is 18.2 Å². The van der Waals surface area contributed by atoms with Crippen LogP contribution in [0.4, 0.5) is 10.1 Å². The van der Waals surface area contributed by atoms with Crippen LogP contribution in [-0.2, 0) is 9.53 Å². The largest absolute Gasteiger partial charge is 0.508 e. The molecule has 0 aliphatic carbocycles. The zero-order valence-corrected chi connectivity index (χ0v) is 9.16. The molecule has 16 heavy (non-hydrogen) atoms. The van der Waals surface area contributed by atoms with E-state index in [0.29, 0.717) is 0 Å². The predicted octanol–water partition coefficient (Wildman–Crippen LogP) is 1.75. The maximum atomic E-state index is 13.3. The van der Waals surface area contributed by atoms with Crippen molar-refractivity contribution in [3.8, 4) is 5.75 Å². The first-order valence-electron chi connectivity index (χ1n) is 4.83. The Hall–Kier alpha value is -1.62. The SMILES string of the molecule is COCC(C)C(=O)Nc1ccc(O)cc1F. The molecule has 0 heterocycles. The number of amides is 1. The molecule has 4 nitrogen and oxygen atoms in total. The van der Waals surface area contributed by atoms with Gasteiger partial charge in [-0.2, -0.15) is 0 Å². The molecular weight excluding hydrogens is 213 g/mol. The van der Waals surface area contributed by atoms with E-state index < -0.39 is 5.82 Å². The summed E-state index contributed by atoms with van der Waals surface area (Å²) in [4.78, 5) is 11.5. The number of anilines is 1. The van der Waals surface area contributed by atoms with Gasteiger partial charge in [-0.25, -0.2) is 4.39 Å². The number of nitrogens with one attached hydrogen (secondary N) is 1. The lowest BCUT2D eigenvalue weighted by molar-refractivity contribution is -0.120. The summed E-state index contributed by atoms with van der Waals surface area (Å²) < 4.78 is 18.1. The van der Waals surface area contributed by atoms with Crippen LogP contribution in [0, 0.1) is 11.7 Å². The Labute approximate surface area is 93.0 Å². The summed E-state index contributed by atoms with van der Waals surface area (Å²) in [6.07, 6.45) is 0. The minimum atomic E-state index is -0.669. The molecule has 1 aromatic carbocycles. The standard InChI is InChI=1S/C11H14FNO3/c1-7(6-16-2)11(15)13-10-4-3-8(14)5-9(10)12/h3-5,7,14H,6H2,1-2H3,(H,13,15). The minimum Gasteiger partial charge on any atom is -0.508 e. The first-order chi connectivity index (χ1) is 7.54. The molecule has 0 fully saturated rings. The molecule has 1 amide bonds. The normalized spacial score (nSPS) is 12.2. The van der Waals surface area contributed by atoms with Gasteiger partial charge in [0, 0.05) is 13.2 Å². The summed E-state index contributed by atoms with van der Waals surface area (Å²) >= 11 is 0. The lowest BCUT2D eigenvalue weighted by Gasteiger charge is -2.11. The quantitative estimate of drug-likeness (QED) is 0.770. The lowest BCUT2D eigenvalue weighted by atomic mass is 10.2. The van der Waals surface area contributed by atoms with Gasteiger partial charge >= 0.3 is 0 Å². The van der Waals surface area contributed by atoms with Crippen LogP contribution >= 0.6 is 0 Å². The summed E-state index contributed by atoms with van der Waals surface area (Å²) in [6, 6.07) is 3.55. The molecule has 0 aliphatic rings. The van der Waals surface area contributed by atoms with E-state index >= 15 is 0 Å². The Balaban J connectivity index is 2.69. The number of benzene rings is 1. The van der Waals surface area contributed by atoms with Gasteiger partial charge in [0.1, 0.15) is 11.6 Å². The van der Waals surface area contributed by atoms with Gasteiger partial charge in [0.25, 0.3) is 0 Å². The van der Waals surface area contributed by atoms with Crippen LogP contribution < -0.4 is 5.32 Å². The number of rotatable bonds is 4. The van der Waals surface area contributed by atoms with E-state index in [-0.39, 0.29) is 29.9 Å². The second-order valence-corrected chi connectivity index (χ2v) is 3.51. The van der Waals surface area contributed by atoms with Crippen molar-refractivity contribution in [2.45, 2.75) is 6.92 Å². The highest BCUT2D eigenvalue weighted by Crippen LogP contribution is 2.19. The zero-order valence-electron chi connectivity index (χ0n) is 9.16. The summed E-state index contributed by atoms with van der Waals surface area (Å²) in [7, 11) is 1.49. The van der Waals surface area contributed by atoms with Gasteiger partial charge in [-0.15, -0.1) is 0 Å². The molecule has 1 rings (SSSR count). The number of hydrogen-bond acceptors (Lipinski definition) is 3. The number of methoxy groups -OCH3 is 1. The smallest absolute Gasteiger partial charge is 0.229 e. The molecule has 0 spiro atoms. The molecule has 88 valence electrons. The van der Waals surface area contributed by atoms with Crippen molar-refractivity contribution in [3.63, 3.8) is 0 Å². The van der Waals surface area contributed by atoms with Crippen LogP contribution in [0.25, 0.3) is 0 Å². The van der Waals surface area contributed by atoms with Crippen LogP contribution in [0.15, 0.2) is 18.2 Å². The Kier molecular flexibility index (Phi) is 4.25. The molecule has 0 aliphatic heterocycles. The topological polar surface area (TPSA) is 58.6 Å². The third-order valence-corrected chi connectivity index (χ3v) is 2.07. The first kappa shape index (κ1) is 12.4. The summed E-state index contributed by atoms with van der Waals surface area (Å²) in [6.45, 7) is 1.95. The first-order valence-corrected chi connectivity index (χ1v) is 4.83. The van der Waals surface area contributed by atoms with Crippen molar-refractivity contribution in [1.29, 1.82) is 0 Å². The molecule has 1 unspecified atom stereocenters. The van der Waals surface area contributed by atoms with E-state index in [1.165, 1.54) is 19.2 Å². The van der Waals surface area contributed by atoms with Gasteiger partial charge in [0.15, 0.2) is 0 Å². The van der Waals surface area contributed by atoms with Crippen molar-refractivity contribution in [2.24, 2.45) is 5.92 Å². The molecule has 0 bridgehead atoms. The number of carbonyl (C=O) groups excluding carboxylic acids is 1. The van der Waals surface area contributed by atoms with Crippen LogP contribution in [-0.4, -0.2) is 24.7 Å². The van der Waals surface area contributed by atoms with E-state index in [9.17, 15) is 9.18 Å². The fraction of sp³-hybridized carbons (Fsp3) is 0.364. The Morgan fingerprint density at radius 3 is 2.88 bits per heavy atom. The molecule has 1 aromatic rings. The van der Waals surface area contributed by atoms with Gasteiger partial charge in [-0.3, -0.25) is 4.79 Å². The van der Waals surface area contributed by atoms with E-state index in [2.05, 4.69) is 5.32 Å². The number of phenols is 1. The minimum absolute atomic E-state index is 0.0470. The number of ether oxygens (including phenoxy) is 1. The average molecular weight is 227 g/mol. The van der Waals surface area contributed by atoms with Crippen molar-refractivity contribution >= 4 is 11.6 Å². The van der Waals surface area contributed by atoms with Gasteiger partial charge in [-0.1, -0.05) is 6.92 Å². The number of aromatic hydroxyl groups is 1. The van der Waals surface area contributed by atoms with Crippen LogP contribution in [0.2, 0.25) is 0 Å². The van der Waals surface area contributed by atoms with Crippen LogP contribution in [0.1, 0.15) is 6.92 Å². The van der Waals surface area contributed by atoms with Crippen molar-refractivity contribution < 1.29 is 19.0 Å². The molecule has 5 heteroatoms. The lowest BCUT2D eigenvalue weighted by Crippen LogP contribution is -2.24. The summed E-state index contributed by atoms with van der Waals surface area (Å²) in [5.74, 6) is -1.54. The molecule has 2 N–H and O–H groups in total. The Morgan fingerprint density at radius 1 is 1.62 bits per heavy atom. The molecule has 0 aromatic heterocycles. The zero-order chi connectivity index (χ0) is 12.1. The van der Waals surface area contributed by atoms with Gasteiger partial charge in [-0.05, 0) is 12.1 Å². The fourth-order valence-corrected chi connectivity index (χ4v) is 1.19. The maximum Gasteiger partial charge on any atom is 0.229 e. The van der Waals surface area contributed by atoms with Crippen molar-refractivity contribution in [3.05, 3.63) is 24.0 Å². The number of phenolic OH excluding ortho intramolecular Hbond substituents is 1. The Morgan fingerprint density at radius 2 is 2.31 bits per heavy atom. The van der Waals surface area contributed by atoms with Gasteiger partial charge in [0.2, 0.25) is 5.91 Å². The molecule has 0 saturated carbocycles. The highest BCUT2D eigenvalue weighted by atomic mass is 19.1.